The number of hydrogen-bond donors (Lipinski definition) is 2. The molecule has 7 heteroatoms. The van der Waals surface area contributed by atoms with Gasteiger partial charge in [-0.05, 0) is 32.1 Å². The average Bonchev–Trinajstić information content (AvgIpc) is 2.95. The van der Waals surface area contributed by atoms with Gasteiger partial charge in [0.25, 0.3) is 0 Å². The molecule has 0 bridgehead atoms. The summed E-state index contributed by atoms with van der Waals surface area (Å²) < 4.78 is 5.61. The molecule has 0 aromatic heterocycles. The van der Waals surface area contributed by atoms with Gasteiger partial charge in [0.2, 0.25) is 11.8 Å². The van der Waals surface area contributed by atoms with Crippen LogP contribution in [-0.2, 0) is 14.3 Å². The van der Waals surface area contributed by atoms with Crippen LogP contribution in [0.2, 0.25) is 0 Å². The van der Waals surface area contributed by atoms with Crippen molar-refractivity contribution in [1.82, 2.24) is 10.2 Å². The Balaban J connectivity index is 0.00000242. The van der Waals surface area contributed by atoms with Crippen LogP contribution in [-0.4, -0.2) is 55.6 Å². The van der Waals surface area contributed by atoms with Crippen LogP contribution in [0.1, 0.15) is 38.5 Å². The molecule has 1 saturated heterocycles. The summed E-state index contributed by atoms with van der Waals surface area (Å²) in [7, 11) is 3.56. The van der Waals surface area contributed by atoms with E-state index in [0.717, 1.165) is 38.5 Å². The maximum atomic E-state index is 12.2. The van der Waals surface area contributed by atoms with E-state index in [0.29, 0.717) is 6.54 Å². The van der Waals surface area contributed by atoms with Crippen molar-refractivity contribution in [2.45, 2.75) is 56.8 Å². The number of halogens is 1. The molecule has 0 aromatic carbocycles. The van der Waals surface area contributed by atoms with Crippen LogP contribution in [0.4, 0.5) is 0 Å². The van der Waals surface area contributed by atoms with E-state index in [1.54, 1.807) is 19.0 Å². The fourth-order valence-corrected chi connectivity index (χ4v) is 3.28. The minimum absolute atomic E-state index is 0. The van der Waals surface area contributed by atoms with Crippen LogP contribution < -0.4 is 11.1 Å². The second-order valence-corrected chi connectivity index (χ2v) is 6.36. The van der Waals surface area contributed by atoms with E-state index in [1.165, 1.54) is 0 Å². The quantitative estimate of drug-likeness (QED) is 0.792. The van der Waals surface area contributed by atoms with Crippen LogP contribution in [0.15, 0.2) is 0 Å². The first-order chi connectivity index (χ1) is 10.0. The van der Waals surface area contributed by atoms with E-state index >= 15 is 0 Å². The minimum atomic E-state index is -0.372. The Hall–Kier alpha value is -0.850. The summed E-state index contributed by atoms with van der Waals surface area (Å²) in [5.74, 6) is 0.142. The predicted octanol–water partition coefficient (Wildman–Crippen LogP) is 0.678. The smallest absolute Gasteiger partial charge is 0.249 e. The number of rotatable bonds is 4. The van der Waals surface area contributed by atoms with Crippen molar-refractivity contribution in [3.63, 3.8) is 0 Å². The maximum Gasteiger partial charge on any atom is 0.249 e. The fourth-order valence-electron chi connectivity index (χ4n) is 3.28. The van der Waals surface area contributed by atoms with Crippen molar-refractivity contribution < 1.29 is 14.3 Å². The van der Waals surface area contributed by atoms with Gasteiger partial charge in [-0.1, -0.05) is 6.42 Å². The number of nitrogens with zero attached hydrogens (tertiary/aromatic N) is 1. The van der Waals surface area contributed by atoms with Crippen LogP contribution >= 0.6 is 12.4 Å². The largest absolute Gasteiger partial charge is 0.364 e. The molecular formula is C15H28ClN3O3. The Bertz CT molecular complexity index is 392. The Morgan fingerprint density at radius 1 is 1.23 bits per heavy atom. The molecule has 2 rings (SSSR count). The monoisotopic (exact) mass is 333 g/mol. The lowest BCUT2D eigenvalue weighted by Crippen LogP contribution is -2.45. The summed E-state index contributed by atoms with van der Waals surface area (Å²) in [6.45, 7) is 0.465. The van der Waals surface area contributed by atoms with E-state index in [9.17, 15) is 9.59 Å². The molecule has 2 unspecified atom stereocenters. The zero-order chi connectivity index (χ0) is 15.4. The van der Waals surface area contributed by atoms with Crippen LogP contribution in [0.3, 0.4) is 0 Å². The van der Waals surface area contributed by atoms with Gasteiger partial charge in [0.1, 0.15) is 6.10 Å². The highest BCUT2D eigenvalue weighted by Crippen LogP contribution is 2.26. The van der Waals surface area contributed by atoms with E-state index in [4.69, 9.17) is 10.5 Å². The fraction of sp³-hybridized carbons (Fsp3) is 0.867. The van der Waals surface area contributed by atoms with Gasteiger partial charge in [0, 0.05) is 32.6 Å². The predicted molar refractivity (Wildman–Crippen MR) is 86.8 cm³/mol. The molecule has 0 radical (unpaired) electrons. The van der Waals surface area contributed by atoms with Gasteiger partial charge in [-0.2, -0.15) is 0 Å². The molecule has 0 spiro atoms. The van der Waals surface area contributed by atoms with Gasteiger partial charge >= 0.3 is 0 Å². The molecule has 128 valence electrons. The van der Waals surface area contributed by atoms with Crippen molar-refractivity contribution >= 4 is 24.2 Å². The van der Waals surface area contributed by atoms with Crippen molar-refractivity contribution in [1.29, 1.82) is 0 Å². The summed E-state index contributed by atoms with van der Waals surface area (Å²) in [5.41, 5.74) is 5.56. The van der Waals surface area contributed by atoms with Crippen LogP contribution in [0, 0.1) is 5.92 Å². The highest BCUT2D eigenvalue weighted by atomic mass is 35.5. The molecule has 1 heterocycles. The van der Waals surface area contributed by atoms with Gasteiger partial charge in [-0.15, -0.1) is 12.4 Å². The van der Waals surface area contributed by atoms with E-state index in [2.05, 4.69) is 5.32 Å². The zero-order valence-corrected chi connectivity index (χ0v) is 14.2. The number of carbonyl (C=O) groups excluding carboxylic acids is 2. The molecule has 4 atom stereocenters. The zero-order valence-electron chi connectivity index (χ0n) is 13.4. The highest BCUT2D eigenvalue weighted by molar-refractivity contribution is 5.85. The van der Waals surface area contributed by atoms with Crippen LogP contribution in [0.5, 0.6) is 0 Å². The van der Waals surface area contributed by atoms with Gasteiger partial charge < -0.3 is 20.7 Å². The lowest BCUT2D eigenvalue weighted by Gasteiger charge is -2.31. The molecule has 2 fully saturated rings. The standard InChI is InChI=1S/C15H27N3O3.ClH/c1-18(2)15(20)10-4-3-5-11(8-10)17-14(19)13-7-6-12(9-16)21-13;/h10-13H,3-9,16H2,1-2H3,(H,17,19);1H/t10?,11?,12-,13+;/m1./s1. The van der Waals surface area contributed by atoms with Crippen LogP contribution in [0.25, 0.3) is 0 Å². The molecule has 1 aliphatic carbocycles. The molecule has 2 aliphatic rings. The molecule has 1 saturated carbocycles. The first-order valence-corrected chi connectivity index (χ1v) is 7.88. The van der Waals surface area contributed by atoms with Crippen molar-refractivity contribution in [3.05, 3.63) is 0 Å². The number of ether oxygens (including phenoxy) is 1. The van der Waals surface area contributed by atoms with E-state index in [1.807, 2.05) is 0 Å². The second kappa shape index (κ2) is 8.70. The van der Waals surface area contributed by atoms with E-state index in [-0.39, 0.29) is 48.4 Å². The summed E-state index contributed by atoms with van der Waals surface area (Å²) in [6.07, 6.45) is 4.79. The molecule has 1 aliphatic heterocycles. The van der Waals surface area contributed by atoms with Gasteiger partial charge in [0.15, 0.2) is 0 Å². The Morgan fingerprint density at radius 2 is 1.95 bits per heavy atom. The van der Waals surface area contributed by atoms with Gasteiger partial charge in [0.05, 0.1) is 6.10 Å². The summed E-state index contributed by atoms with van der Waals surface area (Å²) in [4.78, 5) is 25.9. The van der Waals surface area contributed by atoms with Crippen molar-refractivity contribution in [2.75, 3.05) is 20.6 Å². The van der Waals surface area contributed by atoms with Crippen molar-refractivity contribution in [2.24, 2.45) is 11.7 Å². The molecular weight excluding hydrogens is 306 g/mol. The lowest BCUT2D eigenvalue weighted by molar-refractivity contribution is -0.136. The third kappa shape index (κ3) is 4.83. The number of nitrogens with one attached hydrogen (secondary N) is 1. The third-order valence-electron chi connectivity index (χ3n) is 4.47. The number of carbonyl (C=O) groups is 2. The third-order valence-corrected chi connectivity index (χ3v) is 4.47. The van der Waals surface area contributed by atoms with Gasteiger partial charge in [-0.3, -0.25) is 9.59 Å². The highest BCUT2D eigenvalue weighted by Gasteiger charge is 2.33. The Kier molecular flexibility index (Phi) is 7.59. The number of amides is 2. The second-order valence-electron chi connectivity index (χ2n) is 6.36. The SMILES string of the molecule is CN(C)C(=O)C1CCCC(NC(=O)[C@@H]2CC[C@H](CN)O2)C1.Cl. The lowest BCUT2D eigenvalue weighted by atomic mass is 9.84. The topological polar surface area (TPSA) is 84.7 Å². The first kappa shape index (κ1) is 19.2. The summed E-state index contributed by atoms with van der Waals surface area (Å²) in [5, 5.41) is 3.05. The van der Waals surface area contributed by atoms with E-state index < -0.39 is 0 Å². The molecule has 22 heavy (non-hydrogen) atoms. The average molecular weight is 334 g/mol. The summed E-state index contributed by atoms with van der Waals surface area (Å²) in [6, 6.07) is 0.0840. The molecule has 2 amide bonds. The normalized spacial score (nSPS) is 31.2. The number of hydrogen-bond acceptors (Lipinski definition) is 4. The minimum Gasteiger partial charge on any atom is -0.364 e. The Morgan fingerprint density at radius 3 is 2.55 bits per heavy atom. The van der Waals surface area contributed by atoms with Gasteiger partial charge in [-0.25, -0.2) is 0 Å². The molecule has 3 N–H and O–H groups in total. The first-order valence-electron chi connectivity index (χ1n) is 7.88. The molecule has 0 aromatic rings. The Labute approximate surface area is 138 Å². The maximum absolute atomic E-state index is 12.2. The summed E-state index contributed by atoms with van der Waals surface area (Å²) >= 11 is 0. The van der Waals surface area contributed by atoms with Crippen molar-refractivity contribution in [3.8, 4) is 0 Å². The molecule has 6 nitrogen and oxygen atoms in total. The number of nitrogens with two attached hydrogens (primary N) is 1.